The van der Waals surface area contributed by atoms with Crippen LogP contribution in [0.1, 0.15) is 31.2 Å². The van der Waals surface area contributed by atoms with Crippen molar-refractivity contribution in [3.63, 3.8) is 0 Å². The minimum atomic E-state index is -1.13. The predicted octanol–water partition coefficient (Wildman–Crippen LogP) is 5.99. The van der Waals surface area contributed by atoms with Crippen molar-refractivity contribution in [1.82, 2.24) is 15.0 Å². The van der Waals surface area contributed by atoms with E-state index in [0.29, 0.717) is 11.4 Å². The van der Waals surface area contributed by atoms with Crippen molar-refractivity contribution in [1.29, 1.82) is 0 Å². The molecule has 0 saturated carbocycles. The van der Waals surface area contributed by atoms with Gasteiger partial charge in [-0.25, -0.2) is 14.6 Å². The minimum Gasteiger partial charge on any atom is -0.478 e. The number of thiophene rings is 1. The van der Waals surface area contributed by atoms with Crippen molar-refractivity contribution in [2.45, 2.75) is 0 Å². The summed E-state index contributed by atoms with van der Waals surface area (Å²) in [5.74, 6) is -2.24. The fraction of sp³-hybridized carbons (Fsp3) is 0. The van der Waals surface area contributed by atoms with E-state index in [4.69, 9.17) is 0 Å². The molecule has 0 unspecified atom stereocenters. The first-order valence-electron chi connectivity index (χ1n) is 10.5. The Hall–Kier alpha value is -4.69. The maximum absolute atomic E-state index is 11.8. The van der Waals surface area contributed by atoms with E-state index in [2.05, 4.69) is 33.2 Å². The minimum absolute atomic E-state index is 0.000508. The molecular formula is C27H17N3O4S. The molecule has 4 aromatic heterocycles. The number of hydrogen-bond donors (Lipinski definition) is 2. The standard InChI is InChI=1S/C27H17N3O4S/c31-26(32)18-8-10-29-22(13-18)24-15-19(27(33)34)14-23(30-24)21-11-16(7-9-28-21)5-6-20-12-17-3-1-2-4-25(17)35-20/h1-15H,(H,31,32)(H,33,34)/b6-5+. The van der Waals surface area contributed by atoms with Crippen LogP contribution in [0.25, 0.3) is 45.0 Å². The second-order valence-corrected chi connectivity index (χ2v) is 8.78. The van der Waals surface area contributed by atoms with Crippen LogP contribution >= 0.6 is 11.3 Å². The van der Waals surface area contributed by atoms with E-state index >= 15 is 0 Å². The van der Waals surface area contributed by atoms with E-state index < -0.39 is 11.9 Å². The molecule has 0 radical (unpaired) electrons. The zero-order chi connectivity index (χ0) is 24.4. The van der Waals surface area contributed by atoms with Gasteiger partial charge in [0, 0.05) is 22.0 Å². The Morgan fingerprint density at radius 1 is 0.714 bits per heavy atom. The normalized spacial score (nSPS) is 11.2. The average molecular weight is 480 g/mol. The van der Waals surface area contributed by atoms with Gasteiger partial charge in [0.05, 0.1) is 33.9 Å². The zero-order valence-electron chi connectivity index (χ0n) is 18.1. The van der Waals surface area contributed by atoms with Crippen molar-refractivity contribution in [3.8, 4) is 22.8 Å². The lowest BCUT2D eigenvalue weighted by Gasteiger charge is -2.08. The topological polar surface area (TPSA) is 113 Å². The van der Waals surface area contributed by atoms with Gasteiger partial charge >= 0.3 is 11.9 Å². The number of pyridine rings is 3. The van der Waals surface area contributed by atoms with Gasteiger partial charge in [0.2, 0.25) is 0 Å². The fourth-order valence-corrected chi connectivity index (χ4v) is 4.54. The summed E-state index contributed by atoms with van der Waals surface area (Å²) in [6, 6.07) is 19.5. The van der Waals surface area contributed by atoms with E-state index in [1.54, 1.807) is 17.5 Å². The highest BCUT2D eigenvalue weighted by Gasteiger charge is 2.14. The highest BCUT2D eigenvalue weighted by Crippen LogP contribution is 2.28. The molecule has 2 N–H and O–H groups in total. The number of hydrogen-bond acceptors (Lipinski definition) is 6. The van der Waals surface area contributed by atoms with Gasteiger partial charge in [0.15, 0.2) is 0 Å². The predicted molar refractivity (Wildman–Crippen MR) is 135 cm³/mol. The second-order valence-electron chi connectivity index (χ2n) is 7.66. The summed E-state index contributed by atoms with van der Waals surface area (Å²) < 4.78 is 1.21. The molecule has 0 spiro atoms. The Kier molecular flexibility index (Phi) is 5.87. The summed E-state index contributed by atoms with van der Waals surface area (Å²) in [5.41, 5.74) is 2.25. The molecule has 35 heavy (non-hydrogen) atoms. The number of carboxylic acid groups (broad SMARTS) is 2. The first-order valence-corrected chi connectivity index (χ1v) is 11.4. The molecule has 0 aliphatic rings. The Labute approximate surface area is 203 Å². The molecule has 0 aliphatic carbocycles. The van der Waals surface area contributed by atoms with E-state index in [1.807, 2.05) is 36.4 Å². The summed E-state index contributed by atoms with van der Waals surface area (Å²) in [7, 11) is 0. The van der Waals surface area contributed by atoms with Crippen molar-refractivity contribution in [2.75, 3.05) is 0 Å². The van der Waals surface area contributed by atoms with Crippen LogP contribution in [0.3, 0.4) is 0 Å². The van der Waals surface area contributed by atoms with Gasteiger partial charge in [-0.15, -0.1) is 11.3 Å². The van der Waals surface area contributed by atoms with E-state index in [9.17, 15) is 19.8 Å². The highest BCUT2D eigenvalue weighted by atomic mass is 32.1. The lowest BCUT2D eigenvalue weighted by atomic mass is 10.1. The molecule has 5 aromatic rings. The number of carboxylic acids is 2. The molecule has 0 fully saturated rings. The van der Waals surface area contributed by atoms with E-state index in [-0.39, 0.29) is 22.5 Å². The van der Waals surface area contributed by atoms with E-state index in [1.165, 1.54) is 40.5 Å². The Morgan fingerprint density at radius 3 is 2.09 bits per heavy atom. The molecule has 5 rings (SSSR count). The third kappa shape index (κ3) is 4.83. The number of fused-ring (bicyclic) bond motifs is 1. The molecule has 0 bridgehead atoms. The summed E-state index contributed by atoms with van der Waals surface area (Å²) in [6.45, 7) is 0. The summed E-state index contributed by atoms with van der Waals surface area (Å²) in [6.07, 6.45) is 6.98. The summed E-state index contributed by atoms with van der Waals surface area (Å²) >= 11 is 1.70. The molecule has 0 aliphatic heterocycles. The Bertz CT molecular complexity index is 1590. The van der Waals surface area contributed by atoms with Gasteiger partial charge in [-0.1, -0.05) is 24.3 Å². The zero-order valence-corrected chi connectivity index (χ0v) is 18.9. The van der Waals surface area contributed by atoms with Crippen molar-refractivity contribution in [2.24, 2.45) is 0 Å². The lowest BCUT2D eigenvalue weighted by Crippen LogP contribution is -2.02. The number of rotatable bonds is 6. The summed E-state index contributed by atoms with van der Waals surface area (Å²) in [5, 5.41) is 20.1. The molecule has 4 heterocycles. The Morgan fingerprint density at radius 2 is 1.37 bits per heavy atom. The number of benzene rings is 1. The molecular weight excluding hydrogens is 462 g/mol. The number of nitrogens with zero attached hydrogens (tertiary/aromatic N) is 3. The fourth-order valence-electron chi connectivity index (χ4n) is 3.57. The summed E-state index contributed by atoms with van der Waals surface area (Å²) in [4.78, 5) is 37.3. The number of aromatic nitrogens is 3. The van der Waals surface area contributed by atoms with Crippen LogP contribution in [0.4, 0.5) is 0 Å². The molecule has 8 heteroatoms. The van der Waals surface area contributed by atoms with E-state index in [0.717, 1.165) is 10.4 Å². The first-order chi connectivity index (χ1) is 17.0. The lowest BCUT2D eigenvalue weighted by molar-refractivity contribution is 0.0686. The maximum Gasteiger partial charge on any atom is 0.335 e. The van der Waals surface area contributed by atoms with Gasteiger partial charge in [0.25, 0.3) is 0 Å². The molecule has 1 aromatic carbocycles. The van der Waals surface area contributed by atoms with Gasteiger partial charge in [-0.3, -0.25) is 9.97 Å². The van der Waals surface area contributed by atoms with Crippen LogP contribution in [0, 0.1) is 0 Å². The first kappa shape index (κ1) is 22.1. The average Bonchev–Trinajstić information content (AvgIpc) is 3.30. The smallest absolute Gasteiger partial charge is 0.335 e. The number of aromatic carboxylic acids is 2. The van der Waals surface area contributed by atoms with Crippen LogP contribution in [-0.4, -0.2) is 37.1 Å². The third-order valence-electron chi connectivity index (χ3n) is 5.27. The SMILES string of the molecule is O=C(O)c1ccnc(-c2cc(C(=O)O)cc(-c3cc(/C=C/c4cc5ccccc5s4)ccn3)n2)c1. The third-order valence-corrected chi connectivity index (χ3v) is 6.35. The van der Waals surface area contributed by atoms with Crippen LogP contribution in [0.15, 0.2) is 79.1 Å². The largest absolute Gasteiger partial charge is 0.478 e. The van der Waals surface area contributed by atoms with Gasteiger partial charge in [-0.2, -0.15) is 0 Å². The van der Waals surface area contributed by atoms with Gasteiger partial charge in [-0.05, 0) is 65.6 Å². The second kappa shape index (κ2) is 9.28. The molecule has 0 saturated heterocycles. The molecule has 7 nitrogen and oxygen atoms in total. The van der Waals surface area contributed by atoms with Crippen molar-refractivity contribution < 1.29 is 19.8 Å². The van der Waals surface area contributed by atoms with Gasteiger partial charge in [0.1, 0.15) is 0 Å². The van der Waals surface area contributed by atoms with Crippen LogP contribution in [0.2, 0.25) is 0 Å². The van der Waals surface area contributed by atoms with Crippen molar-refractivity contribution in [3.05, 3.63) is 101 Å². The highest BCUT2D eigenvalue weighted by molar-refractivity contribution is 7.19. The van der Waals surface area contributed by atoms with Crippen molar-refractivity contribution >= 4 is 45.5 Å². The molecule has 170 valence electrons. The molecule has 0 amide bonds. The van der Waals surface area contributed by atoms with Crippen LogP contribution in [-0.2, 0) is 0 Å². The Balaban J connectivity index is 1.52. The van der Waals surface area contributed by atoms with Gasteiger partial charge < -0.3 is 10.2 Å². The monoisotopic (exact) mass is 479 g/mol. The maximum atomic E-state index is 11.8. The number of carbonyl (C=O) groups is 2. The van der Waals surface area contributed by atoms with Crippen LogP contribution < -0.4 is 0 Å². The molecule has 0 atom stereocenters. The quantitative estimate of drug-likeness (QED) is 0.308. The van der Waals surface area contributed by atoms with Crippen LogP contribution in [0.5, 0.6) is 0 Å².